The Morgan fingerprint density at radius 3 is 1.74 bits per heavy atom. The molecule has 0 aliphatic heterocycles. The van der Waals surface area contributed by atoms with Gasteiger partial charge in [0.05, 0.1) is 11.4 Å². The van der Waals surface area contributed by atoms with E-state index in [2.05, 4.69) is 151 Å². The largest absolute Gasteiger partial charge is 0.264 e. The molecule has 5 heteroatoms. The zero-order valence-corrected chi connectivity index (χ0v) is 28.4. The van der Waals surface area contributed by atoms with Crippen molar-refractivity contribution in [3.63, 3.8) is 0 Å². The summed E-state index contributed by atoms with van der Waals surface area (Å²) in [6, 6.07) is 54.1. The Morgan fingerprint density at radius 2 is 0.960 bits per heavy atom. The Labute approximate surface area is 296 Å². The summed E-state index contributed by atoms with van der Waals surface area (Å²) in [5.74, 6) is 0.687. The van der Waals surface area contributed by atoms with E-state index in [1.54, 1.807) is 6.20 Å². The Morgan fingerprint density at radius 1 is 0.360 bits per heavy atom. The van der Waals surface area contributed by atoms with Crippen LogP contribution in [0.3, 0.4) is 0 Å². The lowest BCUT2D eigenvalue weighted by atomic mass is 9.99. The molecule has 4 aromatic heterocycles. The Hall–Kier alpha value is -6.01. The number of hydrogen-bond donors (Lipinski definition) is 0. The van der Waals surface area contributed by atoms with Crippen LogP contribution in [0.4, 0.5) is 0 Å². The molecule has 10 rings (SSSR count). The van der Waals surface area contributed by atoms with Gasteiger partial charge in [0.1, 0.15) is 0 Å². The lowest BCUT2D eigenvalue weighted by molar-refractivity contribution is 1.18. The maximum atomic E-state index is 5.24. The van der Waals surface area contributed by atoms with Crippen LogP contribution in [0.15, 0.2) is 164 Å². The van der Waals surface area contributed by atoms with Gasteiger partial charge in [-0.15, -0.1) is 22.7 Å². The maximum Gasteiger partial charge on any atom is 0.161 e. The summed E-state index contributed by atoms with van der Waals surface area (Å²) in [6.45, 7) is 0. The van der Waals surface area contributed by atoms with Crippen LogP contribution < -0.4 is 0 Å². The summed E-state index contributed by atoms with van der Waals surface area (Å²) in [5.41, 5.74) is 9.33. The van der Waals surface area contributed by atoms with Crippen LogP contribution in [0, 0.1) is 0 Å². The number of pyridine rings is 1. The number of fused-ring (bicyclic) bond motifs is 6. The first-order valence-electron chi connectivity index (χ1n) is 16.6. The Kier molecular flexibility index (Phi) is 6.86. The van der Waals surface area contributed by atoms with Crippen LogP contribution in [-0.2, 0) is 0 Å². The Bertz CT molecular complexity index is 2870. The summed E-state index contributed by atoms with van der Waals surface area (Å²) in [4.78, 5) is 14.9. The molecular weight excluding hydrogens is 647 g/mol. The molecule has 0 saturated heterocycles. The fourth-order valence-corrected chi connectivity index (χ4v) is 9.17. The standard InChI is InChI=1S/C45H27N3S2/c1-2-12-37(33(9-1)32-8-7-23-46-27-32)45-47-39(26-40(48-45)31-20-22-43-38(24-31)35-11-4-6-14-42(35)49-43)29-17-15-28(16-18-29)30-19-21-36-34-10-3-5-13-41(34)50-44(36)25-30/h1-27H. The molecule has 0 amide bonds. The molecule has 0 bridgehead atoms. The van der Waals surface area contributed by atoms with E-state index >= 15 is 0 Å². The van der Waals surface area contributed by atoms with E-state index in [1.807, 2.05) is 34.9 Å². The van der Waals surface area contributed by atoms with Crippen molar-refractivity contribution in [1.82, 2.24) is 15.0 Å². The highest BCUT2D eigenvalue weighted by molar-refractivity contribution is 7.26. The molecule has 0 N–H and O–H groups in total. The van der Waals surface area contributed by atoms with Gasteiger partial charge in [0.2, 0.25) is 0 Å². The zero-order chi connectivity index (χ0) is 33.0. The normalized spacial score (nSPS) is 11.6. The fraction of sp³-hybridized carbons (Fsp3) is 0. The van der Waals surface area contributed by atoms with Gasteiger partial charge in [-0.1, -0.05) is 109 Å². The van der Waals surface area contributed by atoms with Gasteiger partial charge in [-0.2, -0.15) is 0 Å². The maximum absolute atomic E-state index is 5.24. The van der Waals surface area contributed by atoms with E-state index in [0.717, 1.165) is 39.2 Å². The first kappa shape index (κ1) is 29.0. The predicted molar refractivity (Wildman–Crippen MR) is 213 cm³/mol. The van der Waals surface area contributed by atoms with Crippen LogP contribution in [0.5, 0.6) is 0 Å². The van der Waals surface area contributed by atoms with Crippen molar-refractivity contribution in [2.75, 3.05) is 0 Å². The molecule has 4 heterocycles. The third-order valence-corrected chi connectivity index (χ3v) is 11.7. The Balaban J connectivity index is 1.11. The predicted octanol–water partition coefficient (Wildman–Crippen LogP) is 12.9. The molecule has 0 spiro atoms. The van der Waals surface area contributed by atoms with Gasteiger partial charge in [0.15, 0.2) is 5.82 Å². The average molecular weight is 674 g/mol. The minimum absolute atomic E-state index is 0.687. The zero-order valence-electron chi connectivity index (χ0n) is 26.7. The summed E-state index contributed by atoms with van der Waals surface area (Å²) < 4.78 is 5.19. The van der Waals surface area contributed by atoms with Gasteiger partial charge in [0, 0.05) is 75.0 Å². The first-order chi connectivity index (χ1) is 24.7. The van der Waals surface area contributed by atoms with Gasteiger partial charge < -0.3 is 0 Å². The molecule has 50 heavy (non-hydrogen) atoms. The van der Waals surface area contributed by atoms with Gasteiger partial charge in [-0.25, -0.2) is 9.97 Å². The van der Waals surface area contributed by atoms with Crippen molar-refractivity contribution in [1.29, 1.82) is 0 Å². The molecule has 0 radical (unpaired) electrons. The van der Waals surface area contributed by atoms with Crippen molar-refractivity contribution in [2.24, 2.45) is 0 Å². The van der Waals surface area contributed by atoms with Crippen LogP contribution in [0.25, 0.3) is 96.5 Å². The van der Waals surface area contributed by atoms with E-state index in [0.29, 0.717) is 5.82 Å². The first-order valence-corrected chi connectivity index (χ1v) is 18.2. The number of aromatic nitrogens is 3. The van der Waals surface area contributed by atoms with Crippen molar-refractivity contribution in [3.05, 3.63) is 164 Å². The van der Waals surface area contributed by atoms with E-state index < -0.39 is 0 Å². The average Bonchev–Trinajstić information content (AvgIpc) is 3.76. The summed E-state index contributed by atoms with van der Waals surface area (Å²) >= 11 is 3.68. The van der Waals surface area contributed by atoms with Gasteiger partial charge in [-0.3, -0.25) is 4.98 Å². The van der Waals surface area contributed by atoms with Crippen LogP contribution in [0.1, 0.15) is 0 Å². The molecule has 234 valence electrons. The molecule has 0 aliphatic rings. The van der Waals surface area contributed by atoms with Crippen molar-refractivity contribution < 1.29 is 0 Å². The SMILES string of the molecule is c1cncc(-c2ccccc2-c2nc(-c3ccc(-c4ccc5c(c4)sc4ccccc45)cc3)cc(-c3ccc4sc5ccccc5c4c3)n2)c1. The van der Waals surface area contributed by atoms with Gasteiger partial charge in [-0.05, 0) is 59.2 Å². The minimum atomic E-state index is 0.687. The van der Waals surface area contributed by atoms with E-state index in [-0.39, 0.29) is 0 Å². The topological polar surface area (TPSA) is 38.7 Å². The second-order valence-corrected chi connectivity index (χ2v) is 14.6. The summed E-state index contributed by atoms with van der Waals surface area (Å²) in [6.07, 6.45) is 3.70. The van der Waals surface area contributed by atoms with Crippen molar-refractivity contribution >= 4 is 63.0 Å². The highest BCUT2D eigenvalue weighted by Crippen LogP contribution is 2.39. The van der Waals surface area contributed by atoms with E-state index in [4.69, 9.17) is 9.97 Å². The van der Waals surface area contributed by atoms with Crippen molar-refractivity contribution in [2.45, 2.75) is 0 Å². The number of benzene rings is 6. The highest BCUT2D eigenvalue weighted by Gasteiger charge is 2.16. The molecule has 6 aromatic carbocycles. The third-order valence-electron chi connectivity index (χ3n) is 9.43. The molecule has 3 nitrogen and oxygen atoms in total. The molecule has 0 saturated carbocycles. The summed E-state index contributed by atoms with van der Waals surface area (Å²) in [5, 5.41) is 5.16. The lowest BCUT2D eigenvalue weighted by Gasteiger charge is -2.13. The lowest BCUT2D eigenvalue weighted by Crippen LogP contribution is -1.97. The molecule has 0 atom stereocenters. The second-order valence-electron chi connectivity index (χ2n) is 12.4. The number of hydrogen-bond acceptors (Lipinski definition) is 5. The number of thiophene rings is 2. The minimum Gasteiger partial charge on any atom is -0.264 e. The molecule has 10 aromatic rings. The number of rotatable bonds is 5. The second kappa shape index (κ2) is 11.8. The summed E-state index contributed by atoms with van der Waals surface area (Å²) in [7, 11) is 0. The highest BCUT2D eigenvalue weighted by atomic mass is 32.1. The smallest absolute Gasteiger partial charge is 0.161 e. The quantitative estimate of drug-likeness (QED) is 0.182. The molecule has 0 aliphatic carbocycles. The third kappa shape index (κ3) is 4.98. The van der Waals surface area contributed by atoms with Crippen LogP contribution >= 0.6 is 22.7 Å². The molecule has 0 unspecified atom stereocenters. The molecular formula is C45H27N3S2. The monoisotopic (exact) mass is 673 g/mol. The fourth-order valence-electron chi connectivity index (χ4n) is 6.94. The van der Waals surface area contributed by atoms with Crippen molar-refractivity contribution in [3.8, 4) is 56.2 Å². The van der Waals surface area contributed by atoms with E-state index in [9.17, 15) is 0 Å². The molecule has 0 fully saturated rings. The van der Waals surface area contributed by atoms with Gasteiger partial charge in [0.25, 0.3) is 0 Å². The van der Waals surface area contributed by atoms with E-state index in [1.165, 1.54) is 51.5 Å². The van der Waals surface area contributed by atoms with Crippen LogP contribution in [-0.4, -0.2) is 15.0 Å². The van der Waals surface area contributed by atoms with Gasteiger partial charge >= 0.3 is 0 Å². The number of nitrogens with zero attached hydrogens (tertiary/aromatic N) is 3. The van der Waals surface area contributed by atoms with Crippen LogP contribution in [0.2, 0.25) is 0 Å².